The largest absolute Gasteiger partial charge is 0.325 e. The molecule has 144 valence electrons. The van der Waals surface area contributed by atoms with E-state index in [0.29, 0.717) is 39.1 Å². The summed E-state index contributed by atoms with van der Waals surface area (Å²) in [6.07, 6.45) is 0.860. The van der Waals surface area contributed by atoms with Crippen LogP contribution < -0.4 is 10.9 Å². The van der Waals surface area contributed by atoms with E-state index in [9.17, 15) is 9.59 Å². The lowest BCUT2D eigenvalue weighted by Gasteiger charge is -2.13. The molecule has 0 bridgehead atoms. The van der Waals surface area contributed by atoms with Crippen LogP contribution in [0.5, 0.6) is 0 Å². The average Bonchev–Trinajstić information content (AvgIpc) is 3.14. The number of thiophene rings is 1. The lowest BCUT2D eigenvalue weighted by atomic mass is 10.1. The normalized spacial score (nSPS) is 10.9. The molecular formula is C20H20N4O2S2. The second kappa shape index (κ2) is 9.04. The fraction of sp³-hybridized carbons (Fsp3) is 0.300. The number of hydrogen-bond donors (Lipinski definition) is 1. The molecule has 6 nitrogen and oxygen atoms in total. The fourth-order valence-electron chi connectivity index (χ4n) is 2.61. The molecule has 3 aromatic rings. The maximum Gasteiger partial charge on any atom is 0.272 e. The van der Waals surface area contributed by atoms with Crippen LogP contribution in [0.15, 0.2) is 45.7 Å². The van der Waals surface area contributed by atoms with Crippen molar-refractivity contribution >= 4 is 44.9 Å². The first-order valence-electron chi connectivity index (χ1n) is 8.89. The first kappa shape index (κ1) is 20.1. The molecule has 0 radical (unpaired) electrons. The third-order valence-corrected chi connectivity index (χ3v) is 5.94. The van der Waals surface area contributed by atoms with Crippen molar-refractivity contribution in [2.24, 2.45) is 5.92 Å². The Morgan fingerprint density at radius 1 is 1.39 bits per heavy atom. The highest BCUT2D eigenvalue weighted by Crippen LogP contribution is 2.22. The molecule has 2 heterocycles. The van der Waals surface area contributed by atoms with Crippen LogP contribution in [0, 0.1) is 17.2 Å². The molecule has 0 atom stereocenters. The minimum atomic E-state index is -0.213. The standard InChI is InChI=1S/C20H20N4O2S2/c1-13(2)6-8-24-19(26)18-16(7-9-27-18)23-20(24)28-12-17(25)22-15-5-3-4-14(10-15)11-21/h3-5,7,9-10,13H,6,8,12H2,1-2H3,(H,22,25). The molecule has 0 aliphatic heterocycles. The Hall–Kier alpha value is -2.63. The quantitative estimate of drug-likeness (QED) is 0.466. The van der Waals surface area contributed by atoms with Gasteiger partial charge in [0.1, 0.15) is 4.70 Å². The molecule has 28 heavy (non-hydrogen) atoms. The van der Waals surface area contributed by atoms with Gasteiger partial charge in [-0.1, -0.05) is 31.7 Å². The summed E-state index contributed by atoms with van der Waals surface area (Å²) in [5.74, 6) is 0.371. The number of nitriles is 1. The summed E-state index contributed by atoms with van der Waals surface area (Å²) in [5.41, 5.74) is 1.67. The topological polar surface area (TPSA) is 87.8 Å². The monoisotopic (exact) mass is 412 g/mol. The number of anilines is 1. The smallest absolute Gasteiger partial charge is 0.272 e. The summed E-state index contributed by atoms with van der Waals surface area (Å²) >= 11 is 2.64. The number of nitrogens with one attached hydrogen (secondary N) is 1. The summed E-state index contributed by atoms with van der Waals surface area (Å²) in [6, 6.07) is 10.6. The molecular weight excluding hydrogens is 392 g/mol. The van der Waals surface area contributed by atoms with Crippen molar-refractivity contribution in [1.29, 1.82) is 5.26 Å². The van der Waals surface area contributed by atoms with Crippen molar-refractivity contribution in [1.82, 2.24) is 9.55 Å². The molecule has 0 saturated heterocycles. The van der Waals surface area contributed by atoms with E-state index < -0.39 is 0 Å². The molecule has 0 unspecified atom stereocenters. The number of aromatic nitrogens is 2. The summed E-state index contributed by atoms with van der Waals surface area (Å²) in [4.78, 5) is 29.7. The van der Waals surface area contributed by atoms with Crippen molar-refractivity contribution in [3.63, 3.8) is 0 Å². The second-order valence-electron chi connectivity index (χ2n) is 6.70. The third-order valence-electron chi connectivity index (χ3n) is 4.07. The van der Waals surface area contributed by atoms with Crippen molar-refractivity contribution in [3.05, 3.63) is 51.6 Å². The number of benzene rings is 1. The molecule has 0 aliphatic rings. The number of nitrogens with zero attached hydrogens (tertiary/aromatic N) is 3. The first-order valence-corrected chi connectivity index (χ1v) is 10.8. The number of carbonyl (C=O) groups is 1. The van der Waals surface area contributed by atoms with E-state index in [-0.39, 0.29) is 17.2 Å². The lowest BCUT2D eigenvalue weighted by Crippen LogP contribution is -2.24. The Balaban J connectivity index is 1.77. The SMILES string of the molecule is CC(C)CCn1c(SCC(=O)Nc2cccc(C#N)c2)nc2ccsc2c1=O. The second-order valence-corrected chi connectivity index (χ2v) is 8.56. The number of thioether (sulfide) groups is 1. The van der Waals surface area contributed by atoms with Crippen molar-refractivity contribution in [3.8, 4) is 6.07 Å². The van der Waals surface area contributed by atoms with E-state index >= 15 is 0 Å². The van der Waals surface area contributed by atoms with E-state index in [1.165, 1.54) is 23.1 Å². The number of carbonyl (C=O) groups excluding carboxylic acids is 1. The number of rotatable bonds is 7. The molecule has 3 rings (SSSR count). The van der Waals surface area contributed by atoms with E-state index in [1.807, 2.05) is 17.5 Å². The zero-order chi connectivity index (χ0) is 20.1. The van der Waals surface area contributed by atoms with Gasteiger partial charge in [0.05, 0.1) is 22.9 Å². The number of amides is 1. The fourth-order valence-corrected chi connectivity index (χ4v) is 4.22. The van der Waals surface area contributed by atoms with Gasteiger partial charge >= 0.3 is 0 Å². The van der Waals surface area contributed by atoms with Crippen molar-refractivity contribution in [2.45, 2.75) is 32.0 Å². The summed E-state index contributed by atoms with van der Waals surface area (Å²) in [6.45, 7) is 4.79. The first-order chi connectivity index (χ1) is 13.5. The van der Waals surface area contributed by atoms with Crippen LogP contribution in [0.2, 0.25) is 0 Å². The van der Waals surface area contributed by atoms with Crippen LogP contribution in [-0.2, 0) is 11.3 Å². The molecule has 0 aliphatic carbocycles. The minimum Gasteiger partial charge on any atom is -0.325 e. The molecule has 8 heteroatoms. The van der Waals surface area contributed by atoms with Crippen molar-refractivity contribution < 1.29 is 4.79 Å². The zero-order valence-corrected chi connectivity index (χ0v) is 17.3. The van der Waals surface area contributed by atoms with Gasteiger partial charge in [0.2, 0.25) is 5.91 Å². The number of fused-ring (bicyclic) bond motifs is 1. The maximum atomic E-state index is 12.8. The van der Waals surface area contributed by atoms with Crippen LogP contribution in [-0.4, -0.2) is 21.2 Å². The van der Waals surface area contributed by atoms with Gasteiger partial charge in [-0.15, -0.1) is 11.3 Å². The Labute approximate surface area is 171 Å². The van der Waals surface area contributed by atoms with E-state index in [4.69, 9.17) is 5.26 Å². The van der Waals surface area contributed by atoms with Gasteiger partial charge in [-0.05, 0) is 42.0 Å². The van der Waals surface area contributed by atoms with Gasteiger partial charge < -0.3 is 5.32 Å². The highest BCUT2D eigenvalue weighted by Gasteiger charge is 2.14. The predicted octanol–water partition coefficient (Wildman–Crippen LogP) is 4.11. The lowest BCUT2D eigenvalue weighted by molar-refractivity contribution is -0.113. The van der Waals surface area contributed by atoms with Crippen LogP contribution in [0.4, 0.5) is 5.69 Å². The Morgan fingerprint density at radius 3 is 2.96 bits per heavy atom. The van der Waals surface area contributed by atoms with Crippen LogP contribution >= 0.6 is 23.1 Å². The molecule has 2 aromatic heterocycles. The summed E-state index contributed by atoms with van der Waals surface area (Å²) < 4.78 is 2.32. The maximum absolute atomic E-state index is 12.8. The van der Waals surface area contributed by atoms with Gasteiger partial charge in [-0.2, -0.15) is 5.26 Å². The minimum absolute atomic E-state index is 0.0507. The summed E-state index contributed by atoms with van der Waals surface area (Å²) in [7, 11) is 0. The molecule has 1 N–H and O–H groups in total. The van der Waals surface area contributed by atoms with Crippen LogP contribution in [0.25, 0.3) is 10.2 Å². The molecule has 0 saturated carbocycles. The van der Waals surface area contributed by atoms with E-state index in [2.05, 4.69) is 24.1 Å². The zero-order valence-electron chi connectivity index (χ0n) is 15.6. The van der Waals surface area contributed by atoms with Crippen LogP contribution in [0.3, 0.4) is 0 Å². The highest BCUT2D eigenvalue weighted by atomic mass is 32.2. The Morgan fingerprint density at radius 2 is 2.21 bits per heavy atom. The molecule has 1 amide bonds. The Kier molecular flexibility index (Phi) is 6.49. The Bertz CT molecular complexity index is 1100. The van der Waals surface area contributed by atoms with E-state index in [0.717, 1.165) is 6.42 Å². The number of hydrogen-bond acceptors (Lipinski definition) is 6. The van der Waals surface area contributed by atoms with Crippen molar-refractivity contribution in [2.75, 3.05) is 11.1 Å². The van der Waals surface area contributed by atoms with Gasteiger partial charge in [-0.25, -0.2) is 4.98 Å². The highest BCUT2D eigenvalue weighted by molar-refractivity contribution is 7.99. The van der Waals surface area contributed by atoms with E-state index in [1.54, 1.807) is 28.8 Å². The average molecular weight is 413 g/mol. The predicted molar refractivity (Wildman–Crippen MR) is 114 cm³/mol. The van der Waals surface area contributed by atoms with Gasteiger partial charge in [0, 0.05) is 12.2 Å². The van der Waals surface area contributed by atoms with Gasteiger partial charge in [0.25, 0.3) is 5.56 Å². The van der Waals surface area contributed by atoms with Crippen LogP contribution in [0.1, 0.15) is 25.8 Å². The summed E-state index contributed by atoms with van der Waals surface area (Å²) in [5, 5.41) is 14.1. The molecule has 1 aromatic carbocycles. The molecule has 0 fully saturated rings. The molecule has 0 spiro atoms. The third kappa shape index (κ3) is 4.80. The van der Waals surface area contributed by atoms with Gasteiger partial charge in [0.15, 0.2) is 5.16 Å². The van der Waals surface area contributed by atoms with Gasteiger partial charge in [-0.3, -0.25) is 14.2 Å².